The van der Waals surface area contributed by atoms with Gasteiger partial charge in [0.15, 0.2) is 0 Å². The quantitative estimate of drug-likeness (QED) is 0.817. The Morgan fingerprint density at radius 3 is 2.81 bits per heavy atom. The van der Waals surface area contributed by atoms with Crippen molar-refractivity contribution < 1.29 is 14.7 Å². The molecule has 1 atom stereocenters. The van der Waals surface area contributed by atoms with E-state index in [2.05, 4.69) is 15.9 Å². The number of nitrogens with two attached hydrogens (primary N) is 1. The zero-order chi connectivity index (χ0) is 15.6. The molecule has 3 N–H and O–H groups in total. The highest BCUT2D eigenvalue weighted by Gasteiger charge is 2.42. The number of benzene rings is 1. The van der Waals surface area contributed by atoms with Crippen LogP contribution in [0, 0.1) is 5.41 Å². The number of hydrogen-bond acceptors (Lipinski definition) is 3. The number of nitrogens with zero attached hydrogens (tertiary/aromatic N) is 1. The highest BCUT2D eigenvalue weighted by Crippen LogP contribution is 2.35. The van der Waals surface area contributed by atoms with Gasteiger partial charge in [0.25, 0.3) is 5.91 Å². The summed E-state index contributed by atoms with van der Waals surface area (Å²) in [5.41, 5.74) is 5.90. The summed E-state index contributed by atoms with van der Waals surface area (Å²) < 4.78 is 0.671. The lowest BCUT2D eigenvalue weighted by molar-refractivity contribution is -0.152. The molecule has 0 spiro atoms. The minimum absolute atomic E-state index is 0.173. The van der Waals surface area contributed by atoms with Crippen molar-refractivity contribution in [1.29, 1.82) is 0 Å². The number of carbonyl (C=O) groups excluding carboxylic acids is 1. The number of piperidine rings is 1. The maximum Gasteiger partial charge on any atom is 0.311 e. The third kappa shape index (κ3) is 3.05. The lowest BCUT2D eigenvalue weighted by Gasteiger charge is -2.39. The lowest BCUT2D eigenvalue weighted by atomic mass is 9.77. The van der Waals surface area contributed by atoms with Crippen molar-refractivity contribution in [3.63, 3.8) is 0 Å². The molecule has 1 heterocycles. The fourth-order valence-electron chi connectivity index (χ4n) is 2.80. The predicted octanol–water partition coefficient (Wildman–Crippen LogP) is 2.75. The molecular formula is C15H19BrN2O3. The van der Waals surface area contributed by atoms with Gasteiger partial charge in [0, 0.05) is 23.2 Å². The van der Waals surface area contributed by atoms with E-state index in [-0.39, 0.29) is 12.5 Å². The molecule has 2 rings (SSSR count). The second-order valence-electron chi connectivity index (χ2n) is 5.51. The van der Waals surface area contributed by atoms with Gasteiger partial charge in [-0.05, 0) is 53.4 Å². The molecule has 6 heteroatoms. The van der Waals surface area contributed by atoms with E-state index in [4.69, 9.17) is 5.73 Å². The van der Waals surface area contributed by atoms with E-state index in [1.165, 1.54) is 0 Å². The van der Waals surface area contributed by atoms with Crippen LogP contribution < -0.4 is 5.73 Å². The average molecular weight is 355 g/mol. The SMILES string of the molecule is CCC1(C(=O)O)CCCN(C(=O)c2cc(N)ccc2Br)C1. The molecule has 1 aromatic carbocycles. The van der Waals surface area contributed by atoms with Crippen LogP contribution in [0.5, 0.6) is 0 Å². The number of hydrogen-bond donors (Lipinski definition) is 2. The van der Waals surface area contributed by atoms with Crippen LogP contribution in [0.2, 0.25) is 0 Å². The second kappa shape index (κ2) is 6.05. The van der Waals surface area contributed by atoms with Crippen molar-refractivity contribution in [2.45, 2.75) is 26.2 Å². The van der Waals surface area contributed by atoms with Crippen LogP contribution in [-0.2, 0) is 4.79 Å². The number of halogens is 1. The van der Waals surface area contributed by atoms with E-state index >= 15 is 0 Å². The van der Waals surface area contributed by atoms with Crippen molar-refractivity contribution >= 4 is 33.5 Å². The first kappa shape index (κ1) is 15.8. The normalized spacial score (nSPS) is 22.1. The first-order valence-corrected chi connectivity index (χ1v) is 7.76. The molecule has 5 nitrogen and oxygen atoms in total. The molecule has 0 aromatic heterocycles. The molecular weight excluding hydrogens is 336 g/mol. The van der Waals surface area contributed by atoms with Gasteiger partial charge in [0.2, 0.25) is 0 Å². The van der Waals surface area contributed by atoms with Gasteiger partial charge in [0.05, 0.1) is 11.0 Å². The molecule has 0 aliphatic carbocycles. The molecule has 1 saturated heterocycles. The molecule has 0 saturated carbocycles. The van der Waals surface area contributed by atoms with Gasteiger partial charge in [-0.15, -0.1) is 0 Å². The minimum Gasteiger partial charge on any atom is -0.481 e. The topological polar surface area (TPSA) is 83.6 Å². The molecule has 114 valence electrons. The summed E-state index contributed by atoms with van der Waals surface area (Å²) in [6.45, 7) is 2.69. The van der Waals surface area contributed by atoms with Crippen molar-refractivity contribution in [3.05, 3.63) is 28.2 Å². The smallest absolute Gasteiger partial charge is 0.311 e. The summed E-state index contributed by atoms with van der Waals surface area (Å²) in [4.78, 5) is 25.8. The van der Waals surface area contributed by atoms with Crippen LogP contribution in [0.1, 0.15) is 36.5 Å². The van der Waals surface area contributed by atoms with Gasteiger partial charge < -0.3 is 15.7 Å². The van der Waals surface area contributed by atoms with Crippen LogP contribution in [0.15, 0.2) is 22.7 Å². The third-order valence-electron chi connectivity index (χ3n) is 4.22. The molecule has 0 bridgehead atoms. The lowest BCUT2D eigenvalue weighted by Crippen LogP contribution is -2.49. The van der Waals surface area contributed by atoms with Crippen LogP contribution in [-0.4, -0.2) is 35.0 Å². The fraction of sp³-hybridized carbons (Fsp3) is 0.467. The molecule has 1 amide bonds. The summed E-state index contributed by atoms with van der Waals surface area (Å²) >= 11 is 3.35. The van der Waals surface area contributed by atoms with Crippen molar-refractivity contribution in [3.8, 4) is 0 Å². The Hall–Kier alpha value is -1.56. The van der Waals surface area contributed by atoms with E-state index in [0.717, 1.165) is 0 Å². The molecule has 1 unspecified atom stereocenters. The first-order chi connectivity index (χ1) is 9.89. The van der Waals surface area contributed by atoms with E-state index in [1.807, 2.05) is 6.92 Å². The summed E-state index contributed by atoms with van der Waals surface area (Å²) in [6, 6.07) is 5.07. The average Bonchev–Trinajstić information content (AvgIpc) is 2.48. The number of aliphatic carboxylic acids is 1. The van der Waals surface area contributed by atoms with E-state index in [9.17, 15) is 14.7 Å². The Morgan fingerprint density at radius 2 is 2.19 bits per heavy atom. The minimum atomic E-state index is -0.833. The van der Waals surface area contributed by atoms with Gasteiger partial charge in [-0.2, -0.15) is 0 Å². The fourth-order valence-corrected chi connectivity index (χ4v) is 3.21. The van der Waals surface area contributed by atoms with Gasteiger partial charge in [-0.1, -0.05) is 6.92 Å². The number of carboxylic acid groups (broad SMARTS) is 1. The summed E-state index contributed by atoms with van der Waals surface area (Å²) in [6.07, 6.45) is 1.83. The number of carboxylic acids is 1. The van der Waals surface area contributed by atoms with E-state index < -0.39 is 11.4 Å². The highest BCUT2D eigenvalue weighted by atomic mass is 79.9. The largest absolute Gasteiger partial charge is 0.481 e. The van der Waals surface area contributed by atoms with E-state index in [0.29, 0.717) is 41.5 Å². The van der Waals surface area contributed by atoms with Gasteiger partial charge >= 0.3 is 5.97 Å². The summed E-state index contributed by atoms with van der Waals surface area (Å²) in [7, 11) is 0. The van der Waals surface area contributed by atoms with Crippen molar-refractivity contribution in [2.24, 2.45) is 5.41 Å². The molecule has 21 heavy (non-hydrogen) atoms. The summed E-state index contributed by atoms with van der Waals surface area (Å²) in [5.74, 6) is -0.998. The Bertz CT molecular complexity index is 576. The molecule has 1 fully saturated rings. The number of likely N-dealkylation sites (tertiary alicyclic amines) is 1. The molecule has 1 aliphatic rings. The number of nitrogen functional groups attached to an aromatic ring is 1. The zero-order valence-corrected chi connectivity index (χ0v) is 13.5. The Labute approximate surface area is 132 Å². The molecule has 1 aromatic rings. The predicted molar refractivity (Wildman–Crippen MR) is 84.1 cm³/mol. The van der Waals surface area contributed by atoms with Crippen LogP contribution in [0.3, 0.4) is 0 Å². The first-order valence-electron chi connectivity index (χ1n) is 6.97. The Morgan fingerprint density at radius 1 is 1.48 bits per heavy atom. The number of amides is 1. The monoisotopic (exact) mass is 354 g/mol. The highest BCUT2D eigenvalue weighted by molar-refractivity contribution is 9.10. The van der Waals surface area contributed by atoms with Crippen LogP contribution in [0.25, 0.3) is 0 Å². The molecule has 1 aliphatic heterocycles. The van der Waals surface area contributed by atoms with Crippen LogP contribution >= 0.6 is 15.9 Å². The number of anilines is 1. The maximum absolute atomic E-state index is 12.6. The van der Waals surface area contributed by atoms with Crippen molar-refractivity contribution in [1.82, 2.24) is 4.90 Å². The molecule has 0 radical (unpaired) electrons. The zero-order valence-electron chi connectivity index (χ0n) is 11.9. The third-order valence-corrected chi connectivity index (χ3v) is 4.91. The van der Waals surface area contributed by atoms with Gasteiger partial charge in [0.1, 0.15) is 0 Å². The Kier molecular flexibility index (Phi) is 4.56. The van der Waals surface area contributed by atoms with Gasteiger partial charge in [-0.25, -0.2) is 0 Å². The van der Waals surface area contributed by atoms with Crippen molar-refractivity contribution in [2.75, 3.05) is 18.8 Å². The Balaban J connectivity index is 2.27. The standard InChI is InChI=1S/C15H19BrN2O3/c1-2-15(14(20)21)6-3-7-18(9-15)13(19)11-8-10(17)4-5-12(11)16/h4-5,8H,2-3,6-7,9,17H2,1H3,(H,20,21). The van der Waals surface area contributed by atoms with Crippen LogP contribution in [0.4, 0.5) is 5.69 Å². The number of rotatable bonds is 3. The number of carbonyl (C=O) groups is 2. The second-order valence-corrected chi connectivity index (χ2v) is 6.36. The summed E-state index contributed by atoms with van der Waals surface area (Å²) in [5, 5.41) is 9.49. The van der Waals surface area contributed by atoms with Gasteiger partial charge in [-0.3, -0.25) is 9.59 Å². The maximum atomic E-state index is 12.6. The van der Waals surface area contributed by atoms with E-state index in [1.54, 1.807) is 23.1 Å².